The zero-order valence-corrected chi connectivity index (χ0v) is 17.2. The largest absolute Gasteiger partial charge is 0.497 e. The molecule has 0 bridgehead atoms. The molecule has 10 heteroatoms. The summed E-state index contributed by atoms with van der Waals surface area (Å²) in [4.78, 5) is 16.6. The van der Waals surface area contributed by atoms with Crippen molar-refractivity contribution >= 4 is 10.0 Å². The van der Waals surface area contributed by atoms with Gasteiger partial charge >= 0.3 is 0 Å². The van der Waals surface area contributed by atoms with Gasteiger partial charge in [-0.3, -0.25) is 4.79 Å². The first-order valence-electron chi connectivity index (χ1n) is 9.06. The molecule has 0 aliphatic rings. The molecule has 3 rings (SSSR count). The van der Waals surface area contributed by atoms with E-state index in [1.165, 1.54) is 27.2 Å². The molecule has 9 nitrogen and oxygen atoms in total. The number of nitrogens with zero attached hydrogens (tertiary/aromatic N) is 4. The van der Waals surface area contributed by atoms with Crippen LogP contribution in [0.4, 0.5) is 0 Å². The first-order valence-corrected chi connectivity index (χ1v) is 10.5. The summed E-state index contributed by atoms with van der Waals surface area (Å²) in [5.74, 6) is 1.18. The van der Waals surface area contributed by atoms with Crippen molar-refractivity contribution in [2.45, 2.75) is 25.3 Å². The lowest BCUT2D eigenvalue weighted by atomic mass is 10.2. The van der Waals surface area contributed by atoms with Crippen LogP contribution in [-0.2, 0) is 16.6 Å². The molecule has 0 aliphatic carbocycles. The number of rotatable bonds is 8. The van der Waals surface area contributed by atoms with Crippen LogP contribution >= 0.6 is 0 Å². The average Bonchev–Trinajstić information content (AvgIpc) is 3.19. The van der Waals surface area contributed by atoms with E-state index in [0.29, 0.717) is 30.2 Å². The van der Waals surface area contributed by atoms with E-state index in [1.54, 1.807) is 45.2 Å². The molecule has 2 aromatic heterocycles. The number of ether oxygens (including phenoxy) is 1. The highest BCUT2D eigenvalue weighted by Gasteiger charge is 2.22. The van der Waals surface area contributed by atoms with Crippen molar-refractivity contribution < 1.29 is 17.7 Å². The summed E-state index contributed by atoms with van der Waals surface area (Å²) in [5, 5.41) is 3.93. The second-order valence-electron chi connectivity index (χ2n) is 6.16. The smallest absolute Gasteiger partial charge is 0.251 e. The molecule has 0 saturated heterocycles. The van der Waals surface area contributed by atoms with Gasteiger partial charge in [-0.15, -0.1) is 0 Å². The molecule has 0 amide bonds. The number of hydrogen-bond donors (Lipinski definition) is 0. The summed E-state index contributed by atoms with van der Waals surface area (Å²) in [6, 6.07) is 9.69. The van der Waals surface area contributed by atoms with E-state index < -0.39 is 10.0 Å². The molecule has 0 fully saturated rings. The Labute approximate surface area is 168 Å². The van der Waals surface area contributed by atoms with E-state index in [-0.39, 0.29) is 22.9 Å². The predicted molar refractivity (Wildman–Crippen MR) is 106 cm³/mol. The van der Waals surface area contributed by atoms with Gasteiger partial charge in [0.1, 0.15) is 12.3 Å². The number of benzene rings is 1. The quantitative estimate of drug-likeness (QED) is 0.550. The van der Waals surface area contributed by atoms with Crippen molar-refractivity contribution in [3.05, 3.63) is 58.8 Å². The van der Waals surface area contributed by atoms with Crippen LogP contribution in [0.2, 0.25) is 0 Å². The molecule has 0 saturated carbocycles. The Bertz CT molecular complexity index is 1150. The van der Waals surface area contributed by atoms with Crippen LogP contribution in [0.25, 0.3) is 11.4 Å². The third kappa shape index (κ3) is 4.38. The van der Waals surface area contributed by atoms with Crippen molar-refractivity contribution in [3.8, 4) is 17.1 Å². The van der Waals surface area contributed by atoms with Gasteiger partial charge in [0.2, 0.25) is 21.7 Å². The topological polar surface area (TPSA) is 108 Å². The lowest BCUT2D eigenvalue weighted by Crippen LogP contribution is -2.32. The fourth-order valence-electron chi connectivity index (χ4n) is 2.84. The highest BCUT2D eigenvalue weighted by molar-refractivity contribution is 7.89. The molecule has 0 radical (unpaired) electrons. The van der Waals surface area contributed by atoms with E-state index >= 15 is 0 Å². The third-order valence-electron chi connectivity index (χ3n) is 4.40. The Morgan fingerprint density at radius 3 is 2.62 bits per heavy atom. The van der Waals surface area contributed by atoms with E-state index in [1.807, 2.05) is 0 Å². The van der Waals surface area contributed by atoms with Gasteiger partial charge < -0.3 is 13.8 Å². The van der Waals surface area contributed by atoms with Crippen molar-refractivity contribution in [2.75, 3.05) is 20.2 Å². The molecule has 0 aliphatic heterocycles. The maximum atomic E-state index is 12.7. The molecule has 0 unspecified atom stereocenters. The summed E-state index contributed by atoms with van der Waals surface area (Å²) in [6.07, 6.45) is 1.30. The number of hydrogen-bond acceptors (Lipinski definition) is 7. The summed E-state index contributed by atoms with van der Waals surface area (Å²) in [6.45, 7) is 4.15. The van der Waals surface area contributed by atoms with Gasteiger partial charge in [-0.25, -0.2) is 8.42 Å². The lowest BCUT2D eigenvalue weighted by Gasteiger charge is -2.18. The number of aromatic nitrogens is 3. The van der Waals surface area contributed by atoms with Gasteiger partial charge in [-0.05, 0) is 18.2 Å². The summed E-state index contributed by atoms with van der Waals surface area (Å²) >= 11 is 0. The SMILES string of the molecule is CCN(CC)S(=O)(=O)c1ccc(=O)n(Cc2nc(-c3cccc(OC)c3)no2)c1. The molecule has 0 N–H and O–H groups in total. The van der Waals surface area contributed by atoms with Gasteiger partial charge in [0.25, 0.3) is 5.56 Å². The molecule has 29 heavy (non-hydrogen) atoms. The Morgan fingerprint density at radius 1 is 1.17 bits per heavy atom. The maximum absolute atomic E-state index is 12.7. The highest BCUT2D eigenvalue weighted by atomic mass is 32.2. The zero-order valence-electron chi connectivity index (χ0n) is 16.4. The minimum Gasteiger partial charge on any atom is -0.497 e. The number of pyridine rings is 1. The zero-order chi connectivity index (χ0) is 21.0. The van der Waals surface area contributed by atoms with Crippen molar-refractivity contribution in [1.29, 1.82) is 0 Å². The minimum atomic E-state index is -3.69. The number of methoxy groups -OCH3 is 1. The molecule has 1 aromatic carbocycles. The van der Waals surface area contributed by atoms with Crippen LogP contribution in [0, 0.1) is 0 Å². The Hall–Kier alpha value is -2.98. The average molecular weight is 418 g/mol. The Kier molecular flexibility index (Phi) is 6.14. The van der Waals surface area contributed by atoms with Crippen molar-refractivity contribution in [2.24, 2.45) is 0 Å². The van der Waals surface area contributed by atoms with E-state index in [4.69, 9.17) is 9.26 Å². The van der Waals surface area contributed by atoms with Crippen LogP contribution < -0.4 is 10.3 Å². The second-order valence-corrected chi connectivity index (χ2v) is 8.10. The Balaban J connectivity index is 1.89. The predicted octanol–water partition coefficient (Wildman–Crippen LogP) is 1.99. The minimum absolute atomic E-state index is 0.0355. The normalized spacial score (nSPS) is 11.7. The van der Waals surface area contributed by atoms with Gasteiger partial charge in [-0.2, -0.15) is 9.29 Å². The lowest BCUT2D eigenvalue weighted by molar-refractivity contribution is 0.369. The van der Waals surface area contributed by atoms with Crippen molar-refractivity contribution in [1.82, 2.24) is 19.0 Å². The second kappa shape index (κ2) is 8.58. The third-order valence-corrected chi connectivity index (χ3v) is 6.43. The summed E-state index contributed by atoms with van der Waals surface area (Å²) in [7, 11) is -2.12. The first kappa shape index (κ1) is 20.7. The van der Waals surface area contributed by atoms with Gasteiger partial charge in [-0.1, -0.05) is 31.1 Å². The molecule has 0 spiro atoms. The van der Waals surface area contributed by atoms with Gasteiger partial charge in [0, 0.05) is 30.9 Å². The molecule has 3 aromatic rings. The van der Waals surface area contributed by atoms with Crippen LogP contribution in [-0.4, -0.2) is 47.6 Å². The molecular formula is C19H22N4O5S. The van der Waals surface area contributed by atoms with Crippen LogP contribution in [0.1, 0.15) is 19.7 Å². The van der Waals surface area contributed by atoms with E-state index in [9.17, 15) is 13.2 Å². The van der Waals surface area contributed by atoms with E-state index in [0.717, 1.165) is 0 Å². The molecule has 0 atom stereocenters. The van der Waals surface area contributed by atoms with Crippen molar-refractivity contribution in [3.63, 3.8) is 0 Å². The molecule has 2 heterocycles. The fraction of sp³-hybridized carbons (Fsp3) is 0.316. The van der Waals surface area contributed by atoms with E-state index in [2.05, 4.69) is 10.1 Å². The van der Waals surface area contributed by atoms with Gasteiger partial charge in [0.05, 0.1) is 12.0 Å². The maximum Gasteiger partial charge on any atom is 0.251 e. The Morgan fingerprint density at radius 2 is 1.93 bits per heavy atom. The monoisotopic (exact) mass is 418 g/mol. The van der Waals surface area contributed by atoms with Crippen LogP contribution in [0.5, 0.6) is 5.75 Å². The highest BCUT2D eigenvalue weighted by Crippen LogP contribution is 2.21. The standard InChI is InChI=1S/C19H22N4O5S/c1-4-23(5-2)29(25,26)16-9-10-18(24)22(12-16)13-17-20-19(21-28-17)14-7-6-8-15(11-14)27-3/h6-12H,4-5,13H2,1-3H3. The summed E-state index contributed by atoms with van der Waals surface area (Å²) in [5.41, 5.74) is 0.328. The number of sulfonamides is 1. The fourth-order valence-corrected chi connectivity index (χ4v) is 4.32. The van der Waals surface area contributed by atoms with Crippen LogP contribution in [0.3, 0.4) is 0 Å². The van der Waals surface area contributed by atoms with Crippen LogP contribution in [0.15, 0.2) is 56.8 Å². The molecule has 154 valence electrons. The first-order chi connectivity index (χ1) is 13.9. The van der Waals surface area contributed by atoms with Gasteiger partial charge in [0.15, 0.2) is 0 Å². The summed E-state index contributed by atoms with van der Waals surface area (Å²) < 4.78 is 38.4. The molecular weight excluding hydrogens is 396 g/mol.